The Labute approximate surface area is 163 Å². The standard InChI is InChI=1S/C21H19N5O2/c1-2-26-6-5-14-15(8-22)20(25)21(10-23,11-24)19(16(14)9-26)13-3-4-17-18(7-13)28-12-27-17/h3-5,7,16,19H,2,6,9,12,25H2,1H3/t16-,19+/m1/s1. The highest BCUT2D eigenvalue weighted by Crippen LogP contribution is 2.55. The average Bonchev–Trinajstić information content (AvgIpc) is 3.20. The second kappa shape index (κ2) is 6.60. The molecule has 2 N–H and O–H groups in total. The van der Waals surface area contributed by atoms with E-state index in [1.165, 1.54) is 0 Å². The molecule has 0 saturated heterocycles. The predicted octanol–water partition coefficient (Wildman–Crippen LogP) is 2.16. The monoisotopic (exact) mass is 373 g/mol. The molecule has 0 amide bonds. The Balaban J connectivity index is 1.96. The van der Waals surface area contributed by atoms with Crippen LogP contribution in [0, 0.1) is 45.3 Å². The summed E-state index contributed by atoms with van der Waals surface area (Å²) >= 11 is 0. The number of nitrogens with two attached hydrogens (primary N) is 1. The van der Waals surface area contributed by atoms with Gasteiger partial charge in [-0.2, -0.15) is 15.8 Å². The van der Waals surface area contributed by atoms with E-state index in [1.54, 1.807) is 6.07 Å². The lowest BCUT2D eigenvalue weighted by atomic mass is 9.58. The summed E-state index contributed by atoms with van der Waals surface area (Å²) in [5.74, 6) is 0.504. The number of rotatable bonds is 2. The molecule has 7 nitrogen and oxygen atoms in total. The summed E-state index contributed by atoms with van der Waals surface area (Å²) in [6.07, 6.45) is 2.00. The number of benzene rings is 1. The lowest BCUT2D eigenvalue weighted by molar-refractivity contribution is 0.173. The smallest absolute Gasteiger partial charge is 0.231 e. The number of nitrogens with zero attached hydrogens (tertiary/aromatic N) is 4. The summed E-state index contributed by atoms with van der Waals surface area (Å²) in [5.41, 5.74) is 6.59. The van der Waals surface area contributed by atoms with Gasteiger partial charge in [0, 0.05) is 24.9 Å². The van der Waals surface area contributed by atoms with Crippen LogP contribution in [0.3, 0.4) is 0 Å². The molecule has 0 fully saturated rings. The molecular formula is C21H19N5O2. The van der Waals surface area contributed by atoms with Gasteiger partial charge in [0.15, 0.2) is 16.9 Å². The van der Waals surface area contributed by atoms with Crippen LogP contribution in [0.25, 0.3) is 0 Å². The highest BCUT2D eigenvalue weighted by atomic mass is 16.7. The Hall–Kier alpha value is -3.47. The molecule has 2 atom stereocenters. The van der Waals surface area contributed by atoms with Gasteiger partial charge in [-0.05, 0) is 29.8 Å². The van der Waals surface area contributed by atoms with Crippen LogP contribution < -0.4 is 15.2 Å². The Morgan fingerprint density at radius 3 is 2.64 bits per heavy atom. The number of hydrogen-bond donors (Lipinski definition) is 1. The molecule has 0 radical (unpaired) electrons. The molecule has 0 unspecified atom stereocenters. The fourth-order valence-corrected chi connectivity index (χ4v) is 4.48. The van der Waals surface area contributed by atoms with Gasteiger partial charge in [0.25, 0.3) is 0 Å². The first-order valence-electron chi connectivity index (χ1n) is 9.14. The molecule has 4 rings (SSSR count). The summed E-state index contributed by atoms with van der Waals surface area (Å²) < 4.78 is 10.9. The molecule has 0 spiro atoms. The van der Waals surface area contributed by atoms with Crippen LogP contribution in [0.5, 0.6) is 11.5 Å². The van der Waals surface area contributed by atoms with Crippen molar-refractivity contribution in [2.24, 2.45) is 17.1 Å². The largest absolute Gasteiger partial charge is 0.454 e. The van der Waals surface area contributed by atoms with E-state index in [2.05, 4.69) is 30.0 Å². The van der Waals surface area contributed by atoms with Crippen LogP contribution in [0.15, 0.2) is 41.1 Å². The van der Waals surface area contributed by atoms with Crippen molar-refractivity contribution in [2.45, 2.75) is 12.8 Å². The highest BCUT2D eigenvalue weighted by molar-refractivity contribution is 5.60. The van der Waals surface area contributed by atoms with Crippen molar-refractivity contribution in [3.63, 3.8) is 0 Å². The number of ether oxygens (including phenoxy) is 2. The van der Waals surface area contributed by atoms with Crippen LogP contribution >= 0.6 is 0 Å². The van der Waals surface area contributed by atoms with E-state index in [-0.39, 0.29) is 24.0 Å². The van der Waals surface area contributed by atoms with Gasteiger partial charge in [-0.3, -0.25) is 4.90 Å². The molecule has 1 aromatic carbocycles. The van der Waals surface area contributed by atoms with E-state index in [0.29, 0.717) is 24.6 Å². The maximum Gasteiger partial charge on any atom is 0.231 e. The molecule has 140 valence electrons. The lowest BCUT2D eigenvalue weighted by Crippen LogP contribution is -2.48. The average molecular weight is 373 g/mol. The van der Waals surface area contributed by atoms with Crippen LogP contribution in [-0.2, 0) is 0 Å². The Morgan fingerprint density at radius 2 is 1.96 bits per heavy atom. The molecule has 1 aliphatic carbocycles. The van der Waals surface area contributed by atoms with Crippen molar-refractivity contribution in [2.75, 3.05) is 26.4 Å². The molecule has 7 heteroatoms. The summed E-state index contributed by atoms with van der Waals surface area (Å²) in [6, 6.07) is 11.9. The third-order valence-electron chi connectivity index (χ3n) is 5.94. The van der Waals surface area contributed by atoms with E-state index in [4.69, 9.17) is 15.2 Å². The van der Waals surface area contributed by atoms with E-state index in [0.717, 1.165) is 17.7 Å². The SMILES string of the molecule is CCN1CC=C2C(C#N)=C(N)C(C#N)(C#N)[C@@H](c3ccc4c(c3)OCO4)[C@@H]2C1. The first-order chi connectivity index (χ1) is 13.6. The van der Waals surface area contributed by atoms with E-state index < -0.39 is 11.3 Å². The van der Waals surface area contributed by atoms with E-state index in [9.17, 15) is 15.8 Å². The van der Waals surface area contributed by atoms with Gasteiger partial charge in [0.2, 0.25) is 6.79 Å². The maximum atomic E-state index is 10.1. The van der Waals surface area contributed by atoms with Gasteiger partial charge < -0.3 is 15.2 Å². The van der Waals surface area contributed by atoms with Crippen molar-refractivity contribution in [3.05, 3.63) is 46.7 Å². The number of fused-ring (bicyclic) bond motifs is 2. The second-order valence-corrected chi connectivity index (χ2v) is 7.14. The first kappa shape index (κ1) is 17.9. The van der Waals surface area contributed by atoms with Crippen LogP contribution in [0.4, 0.5) is 0 Å². The van der Waals surface area contributed by atoms with Gasteiger partial charge in [-0.15, -0.1) is 0 Å². The number of likely N-dealkylation sites (N-methyl/N-ethyl adjacent to an activating group) is 1. The van der Waals surface area contributed by atoms with Crippen LogP contribution in [0.2, 0.25) is 0 Å². The molecule has 0 bridgehead atoms. The molecule has 2 aliphatic heterocycles. The van der Waals surface area contributed by atoms with Gasteiger partial charge in [-0.25, -0.2) is 0 Å². The molecule has 2 heterocycles. The quantitative estimate of drug-likeness (QED) is 0.843. The van der Waals surface area contributed by atoms with Gasteiger partial charge >= 0.3 is 0 Å². The first-order valence-corrected chi connectivity index (χ1v) is 9.14. The molecule has 28 heavy (non-hydrogen) atoms. The Bertz CT molecular complexity index is 1010. The fraction of sp³-hybridized carbons (Fsp3) is 0.381. The van der Waals surface area contributed by atoms with Gasteiger partial charge in [0.05, 0.1) is 23.4 Å². The lowest BCUT2D eigenvalue weighted by Gasteiger charge is -2.45. The maximum absolute atomic E-state index is 10.1. The van der Waals surface area contributed by atoms with Crippen LogP contribution in [0.1, 0.15) is 18.4 Å². The normalized spacial score (nSPS) is 25.1. The summed E-state index contributed by atoms with van der Waals surface area (Å²) in [6.45, 7) is 4.39. The molecule has 3 aliphatic rings. The zero-order valence-electron chi connectivity index (χ0n) is 15.5. The number of hydrogen-bond acceptors (Lipinski definition) is 7. The zero-order valence-corrected chi connectivity index (χ0v) is 15.5. The predicted molar refractivity (Wildman–Crippen MR) is 99.5 cm³/mol. The molecule has 0 saturated carbocycles. The van der Waals surface area contributed by atoms with Crippen molar-refractivity contribution < 1.29 is 9.47 Å². The van der Waals surface area contributed by atoms with Crippen molar-refractivity contribution in [1.29, 1.82) is 15.8 Å². The fourth-order valence-electron chi connectivity index (χ4n) is 4.48. The number of nitriles is 3. The van der Waals surface area contributed by atoms with E-state index in [1.807, 2.05) is 18.2 Å². The molecule has 1 aromatic rings. The topological polar surface area (TPSA) is 119 Å². The van der Waals surface area contributed by atoms with Crippen LogP contribution in [-0.4, -0.2) is 31.3 Å². The van der Waals surface area contributed by atoms with Crippen molar-refractivity contribution >= 4 is 0 Å². The second-order valence-electron chi connectivity index (χ2n) is 7.14. The third kappa shape index (κ3) is 2.36. The van der Waals surface area contributed by atoms with E-state index >= 15 is 0 Å². The summed E-state index contributed by atoms with van der Waals surface area (Å²) in [5, 5.41) is 29.9. The highest BCUT2D eigenvalue weighted by Gasteiger charge is 2.54. The van der Waals surface area contributed by atoms with Gasteiger partial charge in [-0.1, -0.05) is 19.1 Å². The minimum Gasteiger partial charge on any atom is -0.454 e. The molecular weight excluding hydrogens is 354 g/mol. The Kier molecular flexibility index (Phi) is 4.23. The van der Waals surface area contributed by atoms with Gasteiger partial charge in [0.1, 0.15) is 6.07 Å². The van der Waals surface area contributed by atoms with Crippen molar-refractivity contribution in [1.82, 2.24) is 4.90 Å². The third-order valence-corrected chi connectivity index (χ3v) is 5.94. The summed E-state index contributed by atoms with van der Waals surface area (Å²) in [7, 11) is 0. The Morgan fingerprint density at radius 1 is 1.21 bits per heavy atom. The number of allylic oxidation sites excluding steroid dienone is 2. The summed E-state index contributed by atoms with van der Waals surface area (Å²) in [4.78, 5) is 2.23. The minimum absolute atomic E-state index is 0.0371. The molecule has 0 aromatic heterocycles. The van der Waals surface area contributed by atoms with Crippen molar-refractivity contribution in [3.8, 4) is 29.7 Å². The zero-order chi connectivity index (χ0) is 19.9. The minimum atomic E-state index is -1.63.